The molecule has 3 aromatic rings. The van der Waals surface area contributed by atoms with E-state index in [0.29, 0.717) is 23.7 Å². The van der Waals surface area contributed by atoms with Crippen molar-refractivity contribution in [3.05, 3.63) is 95.3 Å². The van der Waals surface area contributed by atoms with E-state index in [4.69, 9.17) is 5.26 Å². The summed E-state index contributed by atoms with van der Waals surface area (Å²) in [5, 5.41) is 15.3. The van der Waals surface area contributed by atoms with Gasteiger partial charge in [0, 0.05) is 18.2 Å². The van der Waals surface area contributed by atoms with Crippen molar-refractivity contribution in [3.8, 4) is 6.07 Å². The standard InChI is InChI=1S/C26H26N4O/c27-17-20-11-9-19(10-12-20)15-16-28-25(22-5-2-1-3-6-22)26(31)30-23-13-14-24(29-18-23)21-7-4-8-21/h1-3,5-6,9-14,18,21,25,28H,4,7-8,15-16H2,(H,30,31)/t25-/m1/s1. The second-order valence-corrected chi connectivity index (χ2v) is 7.95. The van der Waals surface area contributed by atoms with Crippen molar-refractivity contribution in [1.82, 2.24) is 10.3 Å². The third-order valence-corrected chi connectivity index (χ3v) is 5.82. The van der Waals surface area contributed by atoms with Crippen molar-refractivity contribution in [2.24, 2.45) is 0 Å². The molecule has 0 saturated heterocycles. The van der Waals surface area contributed by atoms with E-state index >= 15 is 0 Å². The Kier molecular flexibility index (Phi) is 6.71. The molecule has 5 heteroatoms. The number of carbonyl (C=O) groups excluding carboxylic acids is 1. The Hall–Kier alpha value is -3.49. The van der Waals surface area contributed by atoms with E-state index in [1.165, 1.54) is 19.3 Å². The van der Waals surface area contributed by atoms with Crippen LogP contribution >= 0.6 is 0 Å². The average molecular weight is 411 g/mol. The molecule has 2 aromatic carbocycles. The number of nitrogens with zero attached hydrogens (tertiary/aromatic N) is 2. The Morgan fingerprint density at radius 1 is 1.06 bits per heavy atom. The lowest BCUT2D eigenvalue weighted by molar-refractivity contribution is -0.118. The van der Waals surface area contributed by atoms with Crippen molar-refractivity contribution >= 4 is 11.6 Å². The number of carbonyl (C=O) groups is 1. The van der Waals surface area contributed by atoms with Crippen molar-refractivity contribution < 1.29 is 4.79 Å². The lowest BCUT2D eigenvalue weighted by Crippen LogP contribution is -2.34. The Bertz CT molecular complexity index is 1040. The first-order valence-corrected chi connectivity index (χ1v) is 10.8. The van der Waals surface area contributed by atoms with Gasteiger partial charge in [0.1, 0.15) is 6.04 Å². The van der Waals surface area contributed by atoms with E-state index in [2.05, 4.69) is 21.7 Å². The summed E-state index contributed by atoms with van der Waals surface area (Å²) in [5.74, 6) is 0.468. The Morgan fingerprint density at radius 3 is 2.45 bits per heavy atom. The van der Waals surface area contributed by atoms with Crippen LogP contribution in [0.5, 0.6) is 0 Å². The van der Waals surface area contributed by atoms with Crippen molar-refractivity contribution in [2.75, 3.05) is 11.9 Å². The highest BCUT2D eigenvalue weighted by atomic mass is 16.2. The minimum absolute atomic E-state index is 0.107. The summed E-state index contributed by atoms with van der Waals surface area (Å²) in [6, 6.07) is 22.9. The van der Waals surface area contributed by atoms with Crippen LogP contribution in [0.25, 0.3) is 0 Å². The van der Waals surface area contributed by atoms with E-state index in [0.717, 1.165) is 23.2 Å². The molecule has 2 N–H and O–H groups in total. The fourth-order valence-electron chi connectivity index (χ4n) is 3.75. The van der Waals surface area contributed by atoms with Gasteiger partial charge < -0.3 is 10.6 Å². The molecule has 1 fully saturated rings. The van der Waals surface area contributed by atoms with Gasteiger partial charge in [-0.05, 0) is 54.7 Å². The number of hydrogen-bond donors (Lipinski definition) is 2. The van der Waals surface area contributed by atoms with Crippen LogP contribution in [0.15, 0.2) is 72.9 Å². The number of nitrogens with one attached hydrogen (secondary N) is 2. The molecule has 5 nitrogen and oxygen atoms in total. The molecule has 1 heterocycles. The van der Waals surface area contributed by atoms with E-state index in [1.54, 1.807) is 6.20 Å². The monoisotopic (exact) mass is 410 g/mol. The molecule has 0 aliphatic heterocycles. The van der Waals surface area contributed by atoms with Gasteiger partial charge in [0.2, 0.25) is 5.91 Å². The first-order chi connectivity index (χ1) is 15.2. The number of nitriles is 1. The second kappa shape index (κ2) is 10.0. The number of amides is 1. The largest absolute Gasteiger partial charge is 0.323 e. The Morgan fingerprint density at radius 2 is 1.84 bits per heavy atom. The molecule has 1 aromatic heterocycles. The van der Waals surface area contributed by atoms with Gasteiger partial charge in [-0.25, -0.2) is 0 Å². The highest BCUT2D eigenvalue weighted by Crippen LogP contribution is 2.35. The number of benzene rings is 2. The van der Waals surface area contributed by atoms with Crippen LogP contribution in [0, 0.1) is 11.3 Å². The third kappa shape index (κ3) is 5.36. The summed E-state index contributed by atoms with van der Waals surface area (Å²) < 4.78 is 0. The van der Waals surface area contributed by atoms with Gasteiger partial charge in [0.05, 0.1) is 23.5 Å². The number of aromatic nitrogens is 1. The van der Waals surface area contributed by atoms with Crippen molar-refractivity contribution in [2.45, 2.75) is 37.6 Å². The molecule has 1 atom stereocenters. The fraction of sp³-hybridized carbons (Fsp3) is 0.269. The third-order valence-electron chi connectivity index (χ3n) is 5.82. The van der Waals surface area contributed by atoms with E-state index < -0.39 is 6.04 Å². The van der Waals surface area contributed by atoms with Gasteiger partial charge in [-0.15, -0.1) is 0 Å². The van der Waals surface area contributed by atoms with Crippen LogP contribution in [0.4, 0.5) is 5.69 Å². The molecule has 156 valence electrons. The van der Waals surface area contributed by atoms with E-state index in [1.807, 2.05) is 66.7 Å². The molecule has 1 amide bonds. The van der Waals surface area contributed by atoms with Crippen LogP contribution < -0.4 is 10.6 Å². The predicted octanol–water partition coefficient (Wildman–Crippen LogP) is 4.73. The summed E-state index contributed by atoms with van der Waals surface area (Å²) in [7, 11) is 0. The van der Waals surface area contributed by atoms with Crippen molar-refractivity contribution in [1.29, 1.82) is 5.26 Å². The minimum atomic E-state index is -0.467. The molecule has 1 saturated carbocycles. The Balaban J connectivity index is 1.40. The number of hydrogen-bond acceptors (Lipinski definition) is 4. The van der Waals surface area contributed by atoms with Gasteiger partial charge in [0.25, 0.3) is 0 Å². The lowest BCUT2D eigenvalue weighted by Gasteiger charge is -2.24. The van der Waals surface area contributed by atoms with Crippen molar-refractivity contribution in [3.63, 3.8) is 0 Å². The van der Waals surface area contributed by atoms with E-state index in [-0.39, 0.29) is 5.91 Å². The summed E-state index contributed by atoms with van der Waals surface area (Å²) in [6.07, 6.45) is 6.21. The average Bonchev–Trinajstić information content (AvgIpc) is 2.78. The quantitative estimate of drug-likeness (QED) is 0.563. The van der Waals surface area contributed by atoms with Gasteiger partial charge in [-0.1, -0.05) is 48.9 Å². The topological polar surface area (TPSA) is 77.8 Å². The smallest absolute Gasteiger partial charge is 0.246 e. The minimum Gasteiger partial charge on any atom is -0.323 e. The SMILES string of the molecule is N#Cc1ccc(CCN[C@@H](C(=O)Nc2ccc(C3CCC3)nc2)c2ccccc2)cc1. The maximum Gasteiger partial charge on any atom is 0.246 e. The number of rotatable bonds is 8. The second-order valence-electron chi connectivity index (χ2n) is 7.95. The summed E-state index contributed by atoms with van der Waals surface area (Å²) in [4.78, 5) is 17.6. The maximum absolute atomic E-state index is 13.1. The molecular weight excluding hydrogens is 384 g/mol. The molecule has 0 spiro atoms. The van der Waals surface area contributed by atoms with Gasteiger partial charge in [-0.3, -0.25) is 9.78 Å². The molecule has 1 aliphatic carbocycles. The molecule has 0 unspecified atom stereocenters. The summed E-state index contributed by atoms with van der Waals surface area (Å²) in [5.41, 5.74) is 4.51. The Labute approximate surface area is 183 Å². The van der Waals surface area contributed by atoms with Crippen LogP contribution in [0.1, 0.15) is 53.6 Å². The highest BCUT2D eigenvalue weighted by Gasteiger charge is 2.22. The number of pyridine rings is 1. The van der Waals surface area contributed by atoms with E-state index in [9.17, 15) is 4.79 Å². The first-order valence-electron chi connectivity index (χ1n) is 10.8. The molecule has 0 radical (unpaired) electrons. The van der Waals surface area contributed by atoms with Crippen LogP contribution in [-0.2, 0) is 11.2 Å². The van der Waals surface area contributed by atoms with Crippen LogP contribution in [-0.4, -0.2) is 17.4 Å². The molecular formula is C26H26N4O. The number of anilines is 1. The zero-order valence-electron chi connectivity index (χ0n) is 17.4. The van der Waals surface area contributed by atoms with Crippen LogP contribution in [0.3, 0.4) is 0 Å². The normalized spacial score (nSPS) is 14.3. The maximum atomic E-state index is 13.1. The van der Waals surface area contributed by atoms with Gasteiger partial charge >= 0.3 is 0 Å². The van der Waals surface area contributed by atoms with Gasteiger partial charge in [0.15, 0.2) is 0 Å². The highest BCUT2D eigenvalue weighted by molar-refractivity contribution is 5.95. The first kappa shape index (κ1) is 20.8. The molecule has 4 rings (SSSR count). The van der Waals surface area contributed by atoms with Crippen LogP contribution in [0.2, 0.25) is 0 Å². The zero-order valence-corrected chi connectivity index (χ0v) is 17.4. The summed E-state index contributed by atoms with van der Waals surface area (Å²) >= 11 is 0. The fourth-order valence-corrected chi connectivity index (χ4v) is 3.75. The molecule has 0 bridgehead atoms. The zero-order chi connectivity index (χ0) is 21.5. The summed E-state index contributed by atoms with van der Waals surface area (Å²) in [6.45, 7) is 0.637. The van der Waals surface area contributed by atoms with Gasteiger partial charge in [-0.2, -0.15) is 5.26 Å². The molecule has 31 heavy (non-hydrogen) atoms. The predicted molar refractivity (Wildman–Crippen MR) is 122 cm³/mol. The lowest BCUT2D eigenvalue weighted by atomic mass is 9.83. The molecule has 1 aliphatic rings.